The molecule has 47 valence electrons. The first-order valence-corrected chi connectivity index (χ1v) is 4.61. The summed E-state index contributed by atoms with van der Waals surface area (Å²) in [6.07, 6.45) is 3.60. The van der Waals surface area contributed by atoms with E-state index in [1.165, 1.54) is 12.7 Å². The molecule has 1 nitrogen and oxygen atoms in total. The first-order valence-electron chi connectivity index (χ1n) is 2.68. The highest BCUT2D eigenvalue weighted by Crippen LogP contribution is 2.05. The summed E-state index contributed by atoms with van der Waals surface area (Å²) in [7, 11) is 2.29. The first kappa shape index (κ1) is 9.48. The van der Waals surface area contributed by atoms with Crippen molar-refractivity contribution in [2.75, 3.05) is 6.44 Å². The average molecular weight is 336 g/mol. The molecule has 0 fully saturated rings. The van der Waals surface area contributed by atoms with Crippen molar-refractivity contribution in [3.63, 3.8) is 0 Å². The summed E-state index contributed by atoms with van der Waals surface area (Å²) >= 11 is 4.54. The van der Waals surface area contributed by atoms with Gasteiger partial charge in [0, 0.05) is 45.7 Å². The second kappa shape index (κ2) is 6.60. The molecule has 0 aliphatic carbocycles. The van der Waals surface area contributed by atoms with Crippen LogP contribution in [0, 0.1) is 0 Å². The second-order valence-electron chi connectivity index (χ2n) is 1.56. The minimum Gasteiger partial charge on any atom is -0.197 e. The molecule has 0 rings (SSSR count). The summed E-state index contributed by atoms with van der Waals surface area (Å²) in [5.41, 5.74) is 0. The van der Waals surface area contributed by atoms with Crippen molar-refractivity contribution >= 4 is 53.0 Å². The summed E-state index contributed by atoms with van der Waals surface area (Å²) in [6, 6.07) is 0. The van der Waals surface area contributed by atoms with Crippen molar-refractivity contribution < 1.29 is 0 Å². The number of hydrogen-bond acceptors (Lipinski definition) is 1. The minimum atomic E-state index is 1.09. The van der Waals surface area contributed by atoms with Crippen molar-refractivity contribution in [3.8, 4) is 0 Å². The zero-order valence-corrected chi connectivity index (χ0v) is 9.22. The van der Waals surface area contributed by atoms with Gasteiger partial charge in [-0.1, -0.05) is 19.7 Å². The summed E-state index contributed by atoms with van der Waals surface area (Å²) in [6.45, 7) is 2.20. The molecule has 4 heteroatoms. The van der Waals surface area contributed by atoms with Gasteiger partial charge < -0.3 is 0 Å². The maximum absolute atomic E-state index is 2.29. The van der Waals surface area contributed by atoms with Gasteiger partial charge >= 0.3 is 0 Å². The highest BCUT2D eigenvalue weighted by atomic mass is 127. The smallest absolute Gasteiger partial charge is 0.130 e. The number of hydrogen-bond donors (Lipinski definition) is 0. The Labute approximate surface area is 79.8 Å². The summed E-state index contributed by atoms with van der Waals surface area (Å²) in [4.78, 5) is 0. The van der Waals surface area contributed by atoms with Gasteiger partial charge in [-0.25, -0.2) is 0 Å². The van der Waals surface area contributed by atoms with Crippen LogP contribution in [0.1, 0.15) is 13.3 Å². The maximum atomic E-state index is 2.29. The van der Waals surface area contributed by atoms with E-state index >= 15 is 0 Å². The zero-order valence-electron chi connectivity index (χ0n) is 4.90. The fourth-order valence-corrected chi connectivity index (χ4v) is 0.950. The topological polar surface area (TPSA) is 3.24 Å². The molecule has 1 radical (unpaired) electrons. The van der Waals surface area contributed by atoms with Gasteiger partial charge in [-0.2, -0.15) is 1.33 Å². The largest absolute Gasteiger partial charge is 0.197 e. The molecule has 0 spiro atoms. The Morgan fingerprint density at radius 1 is 1.50 bits per heavy atom. The Morgan fingerprint density at radius 2 is 2.12 bits per heavy atom. The Bertz CT molecular complexity index is 51.3. The molecule has 8 heavy (non-hydrogen) atoms. The molecule has 0 N–H and O–H groups in total. The van der Waals surface area contributed by atoms with Crippen LogP contribution in [-0.2, 0) is 0 Å². The minimum absolute atomic E-state index is 1.09. The predicted octanol–water partition coefficient (Wildman–Crippen LogP) is 2.48. The van der Waals surface area contributed by atoms with Crippen LogP contribution in [0.4, 0.5) is 0 Å². The third kappa shape index (κ3) is 7.48. The van der Waals surface area contributed by atoms with E-state index < -0.39 is 0 Å². The Balaban J connectivity index is 2.72. The molecule has 0 aliphatic rings. The van der Waals surface area contributed by atoms with E-state index in [0.29, 0.717) is 0 Å². The fourth-order valence-electron chi connectivity index (χ4n) is 0.393. The van der Waals surface area contributed by atoms with Gasteiger partial charge in [0.1, 0.15) is 7.28 Å². The van der Waals surface area contributed by atoms with Gasteiger partial charge in [-0.15, -0.1) is 0 Å². The molecule has 0 saturated carbocycles. The second-order valence-corrected chi connectivity index (χ2v) is 5.74. The molecular weight excluding hydrogens is 327 g/mol. The highest BCUT2D eigenvalue weighted by molar-refractivity contribution is 14.2. The van der Waals surface area contributed by atoms with E-state index in [1.54, 1.807) is 0 Å². The Hall–Kier alpha value is 1.48. The summed E-state index contributed by atoms with van der Waals surface area (Å²) in [5, 5.41) is 0. The lowest BCUT2D eigenvalue weighted by atomic mass is 9.74. The van der Waals surface area contributed by atoms with E-state index in [9.17, 15) is 0 Å². The van der Waals surface area contributed by atoms with E-state index in [2.05, 4.69) is 61.3 Å². The lowest BCUT2D eigenvalue weighted by Gasteiger charge is -2.00. The van der Waals surface area contributed by atoms with E-state index in [-0.39, 0.29) is 0 Å². The standard InChI is InChI=1S/C4H9BI2N/c1-2-3-5-4-8(6)7/h2-4H2,1H3. The Morgan fingerprint density at radius 3 is 2.50 bits per heavy atom. The molecule has 0 heterocycles. The SMILES string of the molecule is CCC[B]CN(I)I. The molecule has 0 aromatic rings. The van der Waals surface area contributed by atoms with Crippen LogP contribution >= 0.6 is 45.7 Å². The zero-order chi connectivity index (χ0) is 6.41. The first-order chi connectivity index (χ1) is 3.77. The Kier molecular flexibility index (Phi) is 7.83. The van der Waals surface area contributed by atoms with Crippen LogP contribution in [0.3, 0.4) is 0 Å². The van der Waals surface area contributed by atoms with Crippen molar-refractivity contribution in [2.45, 2.75) is 19.7 Å². The van der Waals surface area contributed by atoms with Crippen molar-refractivity contribution in [3.05, 3.63) is 0 Å². The van der Waals surface area contributed by atoms with Crippen LogP contribution in [0.15, 0.2) is 0 Å². The molecule has 0 bridgehead atoms. The highest BCUT2D eigenvalue weighted by Gasteiger charge is 1.92. The summed E-state index contributed by atoms with van der Waals surface area (Å²) in [5.74, 6) is 0. The third-order valence-electron chi connectivity index (χ3n) is 0.760. The van der Waals surface area contributed by atoms with Gasteiger partial charge in [-0.05, 0) is 6.44 Å². The van der Waals surface area contributed by atoms with Gasteiger partial charge in [0.25, 0.3) is 0 Å². The van der Waals surface area contributed by atoms with Crippen molar-refractivity contribution in [1.82, 2.24) is 1.33 Å². The molecule has 0 aliphatic heterocycles. The molecule has 0 unspecified atom stereocenters. The number of halogens is 2. The van der Waals surface area contributed by atoms with E-state index in [4.69, 9.17) is 0 Å². The third-order valence-corrected chi connectivity index (χ3v) is 1.55. The maximum Gasteiger partial charge on any atom is 0.130 e. The molecule has 0 aromatic carbocycles. The fraction of sp³-hybridized carbons (Fsp3) is 1.00. The monoisotopic (exact) mass is 336 g/mol. The van der Waals surface area contributed by atoms with Crippen molar-refractivity contribution in [2.24, 2.45) is 0 Å². The van der Waals surface area contributed by atoms with Crippen LogP contribution in [-0.4, -0.2) is 15.1 Å². The normalized spacial score (nSPS) is 10.0. The van der Waals surface area contributed by atoms with E-state index in [0.717, 1.165) is 6.44 Å². The van der Waals surface area contributed by atoms with Crippen LogP contribution in [0.25, 0.3) is 0 Å². The van der Waals surface area contributed by atoms with Crippen LogP contribution < -0.4 is 0 Å². The summed E-state index contributed by atoms with van der Waals surface area (Å²) < 4.78 is 2.12. The quantitative estimate of drug-likeness (QED) is 0.330. The molecule has 0 atom stereocenters. The van der Waals surface area contributed by atoms with Crippen LogP contribution in [0.2, 0.25) is 6.32 Å². The molecule has 0 aromatic heterocycles. The van der Waals surface area contributed by atoms with Crippen LogP contribution in [0.5, 0.6) is 0 Å². The predicted molar refractivity (Wildman–Crippen MR) is 55.6 cm³/mol. The lowest BCUT2D eigenvalue weighted by molar-refractivity contribution is 0.985. The van der Waals surface area contributed by atoms with Crippen molar-refractivity contribution in [1.29, 1.82) is 0 Å². The number of nitrogens with zero attached hydrogens (tertiary/aromatic N) is 1. The molecule has 0 amide bonds. The number of rotatable bonds is 4. The lowest BCUT2D eigenvalue weighted by Crippen LogP contribution is -2.06. The van der Waals surface area contributed by atoms with E-state index in [1.807, 2.05) is 0 Å². The van der Waals surface area contributed by atoms with Gasteiger partial charge in [0.05, 0.1) is 0 Å². The molecular formula is C4H9BI2N. The molecule has 0 saturated heterocycles. The van der Waals surface area contributed by atoms with Gasteiger partial charge in [-0.3, -0.25) is 0 Å². The average Bonchev–Trinajstić information content (AvgIpc) is 1.66. The van der Waals surface area contributed by atoms with Gasteiger partial charge in [0.15, 0.2) is 0 Å². The van der Waals surface area contributed by atoms with Gasteiger partial charge in [0.2, 0.25) is 0 Å².